The van der Waals surface area contributed by atoms with E-state index in [2.05, 4.69) is 0 Å². The number of hydrogen-bond acceptors (Lipinski definition) is 2. The lowest BCUT2D eigenvalue weighted by molar-refractivity contribution is -0.147. The molecule has 0 unspecified atom stereocenters. The van der Waals surface area contributed by atoms with E-state index in [-0.39, 0.29) is 29.8 Å². The van der Waals surface area contributed by atoms with E-state index in [4.69, 9.17) is 5.11 Å². The minimum absolute atomic E-state index is 0.0213. The minimum Gasteiger partial charge on any atom is -0.481 e. The molecule has 0 radical (unpaired) electrons. The third-order valence-electron chi connectivity index (χ3n) is 3.55. The van der Waals surface area contributed by atoms with E-state index in [1.165, 1.54) is 0 Å². The first-order chi connectivity index (χ1) is 5.85. The number of carboxylic acid groups (broad SMARTS) is 1. The van der Waals surface area contributed by atoms with Gasteiger partial charge in [0.15, 0.2) is 0 Å². The summed E-state index contributed by atoms with van der Waals surface area (Å²) in [6.07, 6.45) is 0.757. The maximum atomic E-state index is 10.5. The predicted molar refractivity (Wildman–Crippen MR) is 49.3 cm³/mol. The summed E-state index contributed by atoms with van der Waals surface area (Å²) >= 11 is 0. The molecule has 76 valence electrons. The van der Waals surface area contributed by atoms with Crippen molar-refractivity contribution < 1.29 is 15.0 Å². The Hall–Kier alpha value is -0.570. The second-order valence-corrected chi connectivity index (χ2v) is 4.70. The molecule has 13 heavy (non-hydrogen) atoms. The van der Waals surface area contributed by atoms with Crippen molar-refractivity contribution in [2.24, 2.45) is 17.3 Å². The van der Waals surface area contributed by atoms with Crippen molar-refractivity contribution >= 4 is 5.97 Å². The molecule has 0 saturated heterocycles. The smallest absolute Gasteiger partial charge is 0.303 e. The van der Waals surface area contributed by atoms with Crippen molar-refractivity contribution in [3.05, 3.63) is 0 Å². The number of carbonyl (C=O) groups is 1. The highest BCUT2D eigenvalue weighted by atomic mass is 16.4. The Kier molecular flexibility index (Phi) is 2.66. The van der Waals surface area contributed by atoms with E-state index < -0.39 is 5.97 Å². The van der Waals surface area contributed by atoms with Crippen LogP contribution in [0.5, 0.6) is 0 Å². The number of carboxylic acids is 1. The van der Waals surface area contributed by atoms with Crippen LogP contribution in [0.15, 0.2) is 0 Å². The van der Waals surface area contributed by atoms with Crippen molar-refractivity contribution in [2.45, 2.75) is 39.7 Å². The number of aliphatic hydroxyl groups is 1. The molecule has 1 aliphatic carbocycles. The zero-order valence-corrected chi connectivity index (χ0v) is 8.45. The van der Waals surface area contributed by atoms with Crippen LogP contribution in [0.25, 0.3) is 0 Å². The highest BCUT2D eigenvalue weighted by Crippen LogP contribution is 2.54. The van der Waals surface area contributed by atoms with Crippen LogP contribution >= 0.6 is 0 Å². The Labute approximate surface area is 78.8 Å². The molecule has 3 nitrogen and oxygen atoms in total. The molecule has 0 spiro atoms. The largest absolute Gasteiger partial charge is 0.481 e. The molecule has 1 aliphatic rings. The molecular weight excluding hydrogens is 168 g/mol. The normalized spacial score (nSPS) is 33.5. The van der Waals surface area contributed by atoms with Gasteiger partial charge in [0.25, 0.3) is 0 Å². The van der Waals surface area contributed by atoms with E-state index >= 15 is 0 Å². The van der Waals surface area contributed by atoms with Crippen LogP contribution in [0.4, 0.5) is 0 Å². The maximum Gasteiger partial charge on any atom is 0.303 e. The number of rotatable bonds is 3. The van der Waals surface area contributed by atoms with Crippen LogP contribution in [0, 0.1) is 17.3 Å². The molecule has 3 atom stereocenters. The third-order valence-corrected chi connectivity index (χ3v) is 3.55. The molecule has 0 aromatic heterocycles. The Morgan fingerprint density at radius 2 is 2.15 bits per heavy atom. The Morgan fingerprint density at radius 3 is 2.46 bits per heavy atom. The van der Waals surface area contributed by atoms with Gasteiger partial charge in [0, 0.05) is 6.42 Å². The number of hydrogen-bond donors (Lipinski definition) is 2. The van der Waals surface area contributed by atoms with Crippen LogP contribution in [-0.2, 0) is 4.79 Å². The van der Waals surface area contributed by atoms with Gasteiger partial charge >= 0.3 is 5.97 Å². The number of aliphatic hydroxyl groups excluding tert-OH is 1. The topological polar surface area (TPSA) is 57.5 Å². The quantitative estimate of drug-likeness (QED) is 0.702. The standard InChI is InChI=1S/C10H18O3/c1-6(11)8-4-7(5-9(12)13)10(8,2)3/h6-8,11H,4-5H2,1-3H3,(H,12,13)/t6-,7+,8+/m0/s1. The molecule has 3 heteroatoms. The summed E-state index contributed by atoms with van der Waals surface area (Å²) in [5, 5.41) is 18.1. The highest BCUT2D eigenvalue weighted by molar-refractivity contribution is 5.67. The summed E-state index contributed by atoms with van der Waals surface area (Å²) in [5.74, 6) is -0.247. The summed E-state index contributed by atoms with van der Waals surface area (Å²) < 4.78 is 0. The minimum atomic E-state index is -0.734. The molecule has 1 fully saturated rings. The Morgan fingerprint density at radius 1 is 1.62 bits per heavy atom. The molecule has 0 aromatic carbocycles. The number of aliphatic carboxylic acids is 1. The Balaban J connectivity index is 2.54. The summed E-state index contributed by atoms with van der Waals surface area (Å²) in [7, 11) is 0. The molecule has 2 N–H and O–H groups in total. The van der Waals surface area contributed by atoms with Gasteiger partial charge in [-0.1, -0.05) is 13.8 Å². The fraction of sp³-hybridized carbons (Fsp3) is 0.900. The van der Waals surface area contributed by atoms with E-state index in [1.807, 2.05) is 13.8 Å². The van der Waals surface area contributed by atoms with Gasteiger partial charge in [0.05, 0.1) is 6.10 Å². The van der Waals surface area contributed by atoms with Crippen molar-refractivity contribution in [1.82, 2.24) is 0 Å². The van der Waals surface area contributed by atoms with Crippen molar-refractivity contribution in [1.29, 1.82) is 0 Å². The molecule has 0 heterocycles. The van der Waals surface area contributed by atoms with Crippen LogP contribution in [-0.4, -0.2) is 22.3 Å². The van der Waals surface area contributed by atoms with Gasteiger partial charge in [-0.05, 0) is 30.6 Å². The zero-order valence-electron chi connectivity index (χ0n) is 8.45. The van der Waals surface area contributed by atoms with Crippen LogP contribution in [0.2, 0.25) is 0 Å². The first-order valence-electron chi connectivity index (χ1n) is 4.75. The molecule has 0 aliphatic heterocycles. The third kappa shape index (κ3) is 1.85. The maximum absolute atomic E-state index is 10.5. The lowest BCUT2D eigenvalue weighted by Crippen LogP contribution is -2.50. The molecule has 0 amide bonds. The van der Waals surface area contributed by atoms with Crippen LogP contribution in [0.3, 0.4) is 0 Å². The average Bonchev–Trinajstić information content (AvgIpc) is 1.96. The fourth-order valence-electron chi connectivity index (χ4n) is 2.43. The Bertz CT molecular complexity index is 208. The van der Waals surface area contributed by atoms with Gasteiger partial charge in [-0.25, -0.2) is 0 Å². The van der Waals surface area contributed by atoms with Gasteiger partial charge in [0.1, 0.15) is 0 Å². The van der Waals surface area contributed by atoms with Gasteiger partial charge in [-0.15, -0.1) is 0 Å². The van der Waals surface area contributed by atoms with E-state index in [9.17, 15) is 9.90 Å². The van der Waals surface area contributed by atoms with Gasteiger partial charge in [-0.3, -0.25) is 4.79 Å². The van der Waals surface area contributed by atoms with E-state index in [0.29, 0.717) is 0 Å². The SMILES string of the molecule is C[C@H](O)[C@H]1C[C@H](CC(=O)O)C1(C)C. The first-order valence-corrected chi connectivity index (χ1v) is 4.75. The van der Waals surface area contributed by atoms with Crippen molar-refractivity contribution in [3.8, 4) is 0 Å². The van der Waals surface area contributed by atoms with E-state index in [1.54, 1.807) is 6.92 Å². The first kappa shape index (κ1) is 10.5. The lowest BCUT2D eigenvalue weighted by atomic mass is 9.52. The summed E-state index contributed by atoms with van der Waals surface area (Å²) in [6.45, 7) is 5.87. The van der Waals surface area contributed by atoms with Gasteiger partial charge in [0.2, 0.25) is 0 Å². The lowest BCUT2D eigenvalue weighted by Gasteiger charge is -2.53. The monoisotopic (exact) mass is 186 g/mol. The summed E-state index contributed by atoms with van der Waals surface area (Å²) in [6, 6.07) is 0. The van der Waals surface area contributed by atoms with Crippen molar-refractivity contribution in [3.63, 3.8) is 0 Å². The molecular formula is C10H18O3. The van der Waals surface area contributed by atoms with Crippen molar-refractivity contribution in [2.75, 3.05) is 0 Å². The average molecular weight is 186 g/mol. The van der Waals surface area contributed by atoms with Gasteiger partial charge < -0.3 is 10.2 Å². The van der Waals surface area contributed by atoms with Crippen LogP contribution in [0.1, 0.15) is 33.6 Å². The highest BCUT2D eigenvalue weighted by Gasteiger charge is 2.50. The zero-order chi connectivity index (χ0) is 10.2. The molecule has 0 aromatic rings. The predicted octanol–water partition coefficient (Wildman–Crippen LogP) is 1.50. The molecule has 1 rings (SSSR count). The molecule has 1 saturated carbocycles. The van der Waals surface area contributed by atoms with Crippen LogP contribution < -0.4 is 0 Å². The summed E-state index contributed by atoms with van der Waals surface area (Å²) in [4.78, 5) is 10.5. The molecule has 0 bridgehead atoms. The second-order valence-electron chi connectivity index (χ2n) is 4.70. The second kappa shape index (κ2) is 3.29. The van der Waals surface area contributed by atoms with Gasteiger partial charge in [-0.2, -0.15) is 0 Å². The summed E-state index contributed by atoms with van der Waals surface area (Å²) in [5.41, 5.74) is -0.0213. The fourth-order valence-corrected chi connectivity index (χ4v) is 2.43. The van der Waals surface area contributed by atoms with E-state index in [0.717, 1.165) is 6.42 Å².